The molecular weight excluding hydrogens is 440 g/mol. The normalized spacial score (nSPS) is 11.5. The molecule has 0 bridgehead atoms. The Bertz CT molecular complexity index is 1900. The summed E-state index contributed by atoms with van der Waals surface area (Å²) in [6, 6.07) is 19.4. The maximum atomic E-state index is 9.66. The summed E-state index contributed by atoms with van der Waals surface area (Å²) in [6.45, 7) is 4.16. The summed E-state index contributed by atoms with van der Waals surface area (Å²) >= 11 is 0. The Labute approximate surface area is 199 Å². The van der Waals surface area contributed by atoms with Gasteiger partial charge in [-0.25, -0.2) is 19.9 Å². The van der Waals surface area contributed by atoms with Crippen LogP contribution in [0.2, 0.25) is 0 Å². The Hall–Kier alpha value is -5.02. The van der Waals surface area contributed by atoms with E-state index in [9.17, 15) is 10.5 Å². The fraction of sp³-hybridized carbons (Fsp3) is 0.154. The second kappa shape index (κ2) is 7.51. The first-order valence-corrected chi connectivity index (χ1v) is 11.0. The summed E-state index contributed by atoms with van der Waals surface area (Å²) in [7, 11) is 1.60. The number of hydrogen-bond donors (Lipinski definition) is 0. The molecule has 0 aliphatic rings. The second-order valence-electron chi connectivity index (χ2n) is 8.41. The van der Waals surface area contributed by atoms with Crippen LogP contribution >= 0.6 is 0 Å². The average molecular weight is 458 g/mol. The number of rotatable bonds is 3. The lowest BCUT2D eigenvalue weighted by atomic mass is 10.2. The maximum Gasteiger partial charge on any atom is 0.179 e. The number of methoxy groups -OCH3 is 1. The van der Waals surface area contributed by atoms with E-state index < -0.39 is 0 Å². The predicted octanol–water partition coefficient (Wildman–Crippen LogP) is 4.64. The number of ether oxygens (including phenoxy) is 1. The van der Waals surface area contributed by atoms with Crippen molar-refractivity contribution in [2.45, 2.75) is 19.8 Å². The molecule has 0 spiro atoms. The van der Waals surface area contributed by atoms with Gasteiger partial charge in [0.2, 0.25) is 0 Å². The van der Waals surface area contributed by atoms with Crippen LogP contribution in [0.5, 0.6) is 5.75 Å². The van der Waals surface area contributed by atoms with Crippen LogP contribution in [-0.2, 0) is 0 Å². The molecule has 0 unspecified atom stereocenters. The van der Waals surface area contributed by atoms with E-state index in [0.29, 0.717) is 39.3 Å². The zero-order valence-electron chi connectivity index (χ0n) is 19.2. The third-order valence-corrected chi connectivity index (χ3v) is 6.05. The summed E-state index contributed by atoms with van der Waals surface area (Å²) in [4.78, 5) is 19.2. The largest absolute Gasteiger partial charge is 0.495 e. The molecule has 0 aliphatic heterocycles. The van der Waals surface area contributed by atoms with Gasteiger partial charge < -0.3 is 4.74 Å². The topological polar surface area (TPSA) is 118 Å². The fourth-order valence-electron chi connectivity index (χ4n) is 4.55. The zero-order chi connectivity index (χ0) is 24.3. The van der Waals surface area contributed by atoms with Crippen LogP contribution in [0.4, 0.5) is 0 Å². The van der Waals surface area contributed by atoms with Crippen molar-refractivity contribution >= 4 is 38.9 Å². The quantitative estimate of drug-likeness (QED) is 0.379. The van der Waals surface area contributed by atoms with Gasteiger partial charge in [0, 0.05) is 5.92 Å². The van der Waals surface area contributed by atoms with Crippen LogP contribution in [0, 0.1) is 22.7 Å². The van der Waals surface area contributed by atoms with E-state index in [1.165, 1.54) is 0 Å². The van der Waals surface area contributed by atoms with Crippen molar-refractivity contribution in [3.8, 4) is 23.6 Å². The van der Waals surface area contributed by atoms with E-state index in [1.54, 1.807) is 7.11 Å². The Morgan fingerprint density at radius 2 is 1.54 bits per heavy atom. The SMILES string of the molecule is COc1ccccc1-n1c2nc(C#N)c(C#N)nc2c2c1nc(C(C)C)n1c3ccccc3nc21. The molecule has 4 aromatic heterocycles. The molecule has 0 saturated heterocycles. The molecule has 0 aliphatic carbocycles. The molecule has 6 rings (SSSR count). The Balaban J connectivity index is 1.94. The van der Waals surface area contributed by atoms with Gasteiger partial charge in [0.05, 0.1) is 29.2 Å². The number of benzene rings is 2. The number of hydrogen-bond acceptors (Lipinski definition) is 7. The minimum Gasteiger partial charge on any atom is -0.495 e. The van der Waals surface area contributed by atoms with E-state index in [1.807, 2.05) is 69.6 Å². The van der Waals surface area contributed by atoms with Crippen LogP contribution in [0.15, 0.2) is 48.5 Å². The number of imidazole rings is 1. The number of fused-ring (bicyclic) bond motifs is 7. The molecule has 0 atom stereocenters. The van der Waals surface area contributed by atoms with Gasteiger partial charge in [-0.1, -0.05) is 38.1 Å². The molecule has 0 fully saturated rings. The number of nitriles is 2. The van der Waals surface area contributed by atoms with Crippen LogP contribution < -0.4 is 4.74 Å². The highest BCUT2D eigenvalue weighted by atomic mass is 16.5. The van der Waals surface area contributed by atoms with Gasteiger partial charge in [-0.2, -0.15) is 10.5 Å². The first-order chi connectivity index (χ1) is 17.1. The number of para-hydroxylation sites is 4. The van der Waals surface area contributed by atoms with Gasteiger partial charge >= 0.3 is 0 Å². The Morgan fingerprint density at radius 1 is 0.829 bits per heavy atom. The first-order valence-electron chi connectivity index (χ1n) is 11.0. The Morgan fingerprint density at radius 3 is 2.29 bits per heavy atom. The highest BCUT2D eigenvalue weighted by molar-refractivity contribution is 6.12. The number of aromatic nitrogens is 6. The second-order valence-corrected chi connectivity index (χ2v) is 8.41. The Kier molecular flexibility index (Phi) is 4.41. The van der Waals surface area contributed by atoms with Gasteiger partial charge in [-0.15, -0.1) is 0 Å². The maximum absolute atomic E-state index is 9.66. The highest BCUT2D eigenvalue weighted by Crippen LogP contribution is 2.37. The smallest absolute Gasteiger partial charge is 0.179 e. The van der Waals surface area contributed by atoms with Crippen LogP contribution in [0.3, 0.4) is 0 Å². The van der Waals surface area contributed by atoms with E-state index in [-0.39, 0.29) is 17.3 Å². The van der Waals surface area contributed by atoms with Crippen molar-refractivity contribution in [3.63, 3.8) is 0 Å². The summed E-state index contributed by atoms with van der Waals surface area (Å²) < 4.78 is 9.53. The molecule has 9 nitrogen and oxygen atoms in total. The predicted molar refractivity (Wildman–Crippen MR) is 130 cm³/mol. The van der Waals surface area contributed by atoms with Crippen molar-refractivity contribution in [1.29, 1.82) is 10.5 Å². The lowest BCUT2D eigenvalue weighted by Gasteiger charge is -2.13. The summed E-state index contributed by atoms with van der Waals surface area (Å²) in [5.41, 5.74) is 4.46. The van der Waals surface area contributed by atoms with Gasteiger partial charge in [0.15, 0.2) is 28.3 Å². The molecule has 9 heteroatoms. The van der Waals surface area contributed by atoms with Crippen molar-refractivity contribution in [2.24, 2.45) is 0 Å². The van der Waals surface area contributed by atoms with E-state index in [2.05, 4.69) is 23.8 Å². The van der Waals surface area contributed by atoms with Gasteiger partial charge in [0.1, 0.15) is 29.2 Å². The van der Waals surface area contributed by atoms with E-state index in [0.717, 1.165) is 16.9 Å². The molecule has 0 amide bonds. The standard InChI is InChI=1S/C26H18N8O/c1-14(2)23-32-25-21(24-30-15-8-4-5-9-18(15)33(23)24)22-26(31-17(13-28)16(12-27)29-22)34(25)19-10-6-7-11-20(19)35-3/h4-11,14H,1-3H3. The molecule has 2 aromatic carbocycles. The third kappa shape index (κ3) is 2.79. The van der Waals surface area contributed by atoms with Crippen molar-refractivity contribution in [1.82, 2.24) is 28.9 Å². The lowest BCUT2D eigenvalue weighted by molar-refractivity contribution is 0.413. The van der Waals surface area contributed by atoms with Gasteiger partial charge in [-0.3, -0.25) is 8.97 Å². The molecule has 6 aromatic rings. The molecule has 4 heterocycles. The highest BCUT2D eigenvalue weighted by Gasteiger charge is 2.26. The van der Waals surface area contributed by atoms with Crippen LogP contribution in [0.25, 0.3) is 44.6 Å². The number of nitrogens with zero attached hydrogens (tertiary/aromatic N) is 8. The molecular formula is C26H18N8O. The molecule has 0 N–H and O–H groups in total. The summed E-state index contributed by atoms with van der Waals surface area (Å²) in [5, 5.41) is 20.0. The molecule has 0 radical (unpaired) electrons. The van der Waals surface area contributed by atoms with Crippen LogP contribution in [0.1, 0.15) is 37.0 Å². The lowest BCUT2D eigenvalue weighted by Crippen LogP contribution is -2.06. The van der Waals surface area contributed by atoms with E-state index >= 15 is 0 Å². The zero-order valence-corrected chi connectivity index (χ0v) is 19.2. The molecule has 0 saturated carbocycles. The third-order valence-electron chi connectivity index (χ3n) is 6.05. The molecule has 35 heavy (non-hydrogen) atoms. The van der Waals surface area contributed by atoms with Crippen molar-refractivity contribution in [3.05, 3.63) is 65.7 Å². The average Bonchev–Trinajstić information content (AvgIpc) is 3.42. The monoisotopic (exact) mass is 458 g/mol. The fourth-order valence-corrected chi connectivity index (χ4v) is 4.55. The summed E-state index contributed by atoms with van der Waals surface area (Å²) in [6.07, 6.45) is 0. The van der Waals surface area contributed by atoms with Crippen molar-refractivity contribution < 1.29 is 4.74 Å². The minimum atomic E-state index is -0.0486. The van der Waals surface area contributed by atoms with Crippen molar-refractivity contribution in [2.75, 3.05) is 7.11 Å². The van der Waals surface area contributed by atoms with Gasteiger partial charge in [0.25, 0.3) is 0 Å². The first kappa shape index (κ1) is 20.6. The molecule has 168 valence electrons. The van der Waals surface area contributed by atoms with Gasteiger partial charge in [-0.05, 0) is 24.3 Å². The minimum absolute atomic E-state index is 0.0405. The summed E-state index contributed by atoms with van der Waals surface area (Å²) in [5.74, 6) is 1.51. The van der Waals surface area contributed by atoms with Crippen LogP contribution in [-0.4, -0.2) is 36.0 Å². The van der Waals surface area contributed by atoms with E-state index in [4.69, 9.17) is 14.7 Å².